The van der Waals surface area contributed by atoms with Gasteiger partial charge in [0.05, 0.1) is 28.6 Å². The third kappa shape index (κ3) is 2.79. The lowest BCUT2D eigenvalue weighted by Gasteiger charge is -2.16. The van der Waals surface area contributed by atoms with E-state index >= 15 is 0 Å². The second kappa shape index (κ2) is 5.36. The van der Waals surface area contributed by atoms with Crippen LogP contribution < -0.4 is 5.32 Å². The zero-order valence-corrected chi connectivity index (χ0v) is 11.0. The van der Waals surface area contributed by atoms with E-state index in [9.17, 15) is 4.39 Å². The Hall–Kier alpha value is -1.61. The summed E-state index contributed by atoms with van der Waals surface area (Å²) >= 11 is 6.21. The van der Waals surface area contributed by atoms with Crippen LogP contribution in [0.25, 0.3) is 0 Å². The lowest BCUT2D eigenvalue weighted by molar-refractivity contribution is 0.617. The van der Waals surface area contributed by atoms with Gasteiger partial charge in [-0.1, -0.05) is 23.7 Å². The molecule has 0 aliphatic rings. The summed E-state index contributed by atoms with van der Waals surface area (Å²) in [5.41, 5.74) is 2.64. The van der Waals surface area contributed by atoms with Crippen LogP contribution >= 0.6 is 11.6 Å². The normalized spacial score (nSPS) is 12.2. The zero-order chi connectivity index (χ0) is 13.1. The number of pyridine rings is 1. The highest BCUT2D eigenvalue weighted by Gasteiger charge is 2.09. The molecule has 1 aromatic carbocycles. The Balaban J connectivity index is 2.18. The Morgan fingerprint density at radius 2 is 2.06 bits per heavy atom. The highest BCUT2D eigenvalue weighted by molar-refractivity contribution is 6.34. The van der Waals surface area contributed by atoms with E-state index in [2.05, 4.69) is 10.3 Å². The van der Waals surface area contributed by atoms with E-state index in [-0.39, 0.29) is 11.9 Å². The molecule has 2 rings (SSSR count). The maximum Gasteiger partial charge on any atom is 0.141 e. The lowest BCUT2D eigenvalue weighted by Crippen LogP contribution is -2.09. The number of hydrogen-bond donors (Lipinski definition) is 1. The molecule has 4 heteroatoms. The highest BCUT2D eigenvalue weighted by Crippen LogP contribution is 2.28. The van der Waals surface area contributed by atoms with Crippen molar-refractivity contribution >= 4 is 17.3 Å². The van der Waals surface area contributed by atoms with Gasteiger partial charge >= 0.3 is 0 Å². The van der Waals surface area contributed by atoms with Gasteiger partial charge in [0.1, 0.15) is 5.82 Å². The summed E-state index contributed by atoms with van der Waals surface area (Å²) in [7, 11) is 0. The van der Waals surface area contributed by atoms with Crippen molar-refractivity contribution in [3.8, 4) is 0 Å². The van der Waals surface area contributed by atoms with Crippen LogP contribution in [-0.2, 0) is 0 Å². The highest BCUT2D eigenvalue weighted by atomic mass is 35.5. The summed E-state index contributed by atoms with van der Waals surface area (Å²) in [6.45, 7) is 3.91. The van der Waals surface area contributed by atoms with Gasteiger partial charge in [0, 0.05) is 0 Å². The molecule has 1 N–H and O–H groups in total. The Bertz CT molecular complexity index is 540. The first-order chi connectivity index (χ1) is 8.58. The van der Waals surface area contributed by atoms with Crippen molar-refractivity contribution in [1.82, 2.24) is 4.98 Å². The van der Waals surface area contributed by atoms with E-state index in [1.165, 1.54) is 12.3 Å². The Kier molecular flexibility index (Phi) is 3.82. The topological polar surface area (TPSA) is 24.9 Å². The molecular formula is C14H14ClFN2. The summed E-state index contributed by atoms with van der Waals surface area (Å²) in [4.78, 5) is 4.05. The fourth-order valence-electron chi connectivity index (χ4n) is 1.71. The largest absolute Gasteiger partial charge is 0.376 e. The van der Waals surface area contributed by atoms with Crippen LogP contribution in [0, 0.1) is 12.7 Å². The quantitative estimate of drug-likeness (QED) is 0.891. The van der Waals surface area contributed by atoms with Crippen molar-refractivity contribution in [3.05, 3.63) is 58.6 Å². The molecule has 0 fully saturated rings. The van der Waals surface area contributed by atoms with Crippen molar-refractivity contribution in [2.24, 2.45) is 0 Å². The fourth-order valence-corrected chi connectivity index (χ4v) is 1.89. The molecule has 1 atom stereocenters. The van der Waals surface area contributed by atoms with E-state index < -0.39 is 0 Å². The van der Waals surface area contributed by atoms with Crippen molar-refractivity contribution < 1.29 is 4.39 Å². The minimum absolute atomic E-state index is 0.0371. The number of nitrogens with zero attached hydrogens (tertiary/aromatic N) is 1. The SMILES string of the molecule is Cc1cccc(NC(C)c2ccc(F)cn2)c1Cl. The minimum Gasteiger partial charge on any atom is -0.376 e. The molecular weight excluding hydrogens is 251 g/mol. The summed E-state index contributed by atoms with van der Waals surface area (Å²) in [6.07, 6.45) is 1.21. The standard InChI is InChI=1S/C14H14ClFN2/c1-9-4-3-5-13(14(9)15)18-10(2)12-7-6-11(16)8-17-12/h3-8,10,18H,1-2H3. The zero-order valence-electron chi connectivity index (χ0n) is 10.2. The maximum absolute atomic E-state index is 12.8. The number of rotatable bonds is 3. The van der Waals surface area contributed by atoms with Crippen LogP contribution in [0.1, 0.15) is 24.2 Å². The van der Waals surface area contributed by atoms with Gasteiger partial charge in [0.15, 0.2) is 0 Å². The Morgan fingerprint density at radius 3 is 2.72 bits per heavy atom. The third-order valence-corrected chi connectivity index (χ3v) is 3.26. The first kappa shape index (κ1) is 12.8. The molecule has 0 radical (unpaired) electrons. The molecule has 2 aromatic rings. The molecule has 0 aliphatic carbocycles. The summed E-state index contributed by atoms with van der Waals surface area (Å²) in [5.74, 6) is -0.334. The minimum atomic E-state index is -0.334. The number of benzene rings is 1. The van der Waals surface area contributed by atoms with Crippen molar-refractivity contribution in [2.75, 3.05) is 5.32 Å². The average Bonchev–Trinajstić information content (AvgIpc) is 2.36. The van der Waals surface area contributed by atoms with Crippen LogP contribution in [0.15, 0.2) is 36.5 Å². The predicted octanol–water partition coefficient (Wildman–Crippen LogP) is 4.36. The average molecular weight is 265 g/mol. The molecule has 0 amide bonds. The molecule has 0 spiro atoms. The van der Waals surface area contributed by atoms with Crippen LogP contribution in [0.3, 0.4) is 0 Å². The van der Waals surface area contributed by atoms with Gasteiger partial charge in [-0.15, -0.1) is 0 Å². The number of aromatic nitrogens is 1. The van der Waals surface area contributed by atoms with Gasteiger partial charge in [0.25, 0.3) is 0 Å². The number of aryl methyl sites for hydroxylation is 1. The number of anilines is 1. The van der Waals surface area contributed by atoms with E-state index in [0.717, 1.165) is 16.9 Å². The van der Waals surface area contributed by atoms with Gasteiger partial charge < -0.3 is 5.32 Å². The smallest absolute Gasteiger partial charge is 0.141 e. The maximum atomic E-state index is 12.8. The third-order valence-electron chi connectivity index (χ3n) is 2.76. The van der Waals surface area contributed by atoms with Crippen LogP contribution in [0.5, 0.6) is 0 Å². The van der Waals surface area contributed by atoms with E-state index in [1.807, 2.05) is 32.0 Å². The first-order valence-electron chi connectivity index (χ1n) is 5.71. The molecule has 18 heavy (non-hydrogen) atoms. The summed E-state index contributed by atoms with van der Waals surface area (Å²) in [6, 6.07) is 8.83. The van der Waals surface area contributed by atoms with Gasteiger partial charge in [-0.3, -0.25) is 4.98 Å². The molecule has 2 nitrogen and oxygen atoms in total. The molecule has 94 valence electrons. The first-order valence-corrected chi connectivity index (χ1v) is 6.09. The van der Waals surface area contributed by atoms with Crippen LogP contribution in [-0.4, -0.2) is 4.98 Å². The van der Waals surface area contributed by atoms with E-state index in [1.54, 1.807) is 6.07 Å². The Labute approximate surface area is 111 Å². The molecule has 1 heterocycles. The molecule has 0 saturated carbocycles. The van der Waals surface area contributed by atoms with Gasteiger partial charge in [-0.2, -0.15) is 0 Å². The van der Waals surface area contributed by atoms with Gasteiger partial charge in [-0.25, -0.2) is 4.39 Å². The van der Waals surface area contributed by atoms with Crippen LogP contribution in [0.4, 0.5) is 10.1 Å². The molecule has 1 aromatic heterocycles. The lowest BCUT2D eigenvalue weighted by atomic mass is 10.1. The van der Waals surface area contributed by atoms with Crippen molar-refractivity contribution in [3.63, 3.8) is 0 Å². The van der Waals surface area contributed by atoms with Crippen molar-refractivity contribution in [2.45, 2.75) is 19.9 Å². The number of nitrogens with one attached hydrogen (secondary N) is 1. The second-order valence-corrected chi connectivity index (χ2v) is 4.58. The predicted molar refractivity (Wildman–Crippen MR) is 72.4 cm³/mol. The molecule has 0 bridgehead atoms. The van der Waals surface area contributed by atoms with E-state index in [4.69, 9.17) is 11.6 Å². The molecule has 0 saturated heterocycles. The number of hydrogen-bond acceptors (Lipinski definition) is 2. The second-order valence-electron chi connectivity index (χ2n) is 4.20. The van der Waals surface area contributed by atoms with Crippen LogP contribution in [0.2, 0.25) is 5.02 Å². The molecule has 1 unspecified atom stereocenters. The Morgan fingerprint density at radius 1 is 1.28 bits per heavy atom. The molecule has 0 aliphatic heterocycles. The number of halogens is 2. The monoisotopic (exact) mass is 264 g/mol. The fraction of sp³-hybridized carbons (Fsp3) is 0.214. The summed E-state index contributed by atoms with van der Waals surface area (Å²) < 4.78 is 12.8. The van der Waals surface area contributed by atoms with Gasteiger partial charge in [0.2, 0.25) is 0 Å². The van der Waals surface area contributed by atoms with Gasteiger partial charge in [-0.05, 0) is 37.6 Å². The van der Waals surface area contributed by atoms with E-state index in [0.29, 0.717) is 5.02 Å². The summed E-state index contributed by atoms with van der Waals surface area (Å²) in [5, 5.41) is 3.97. The van der Waals surface area contributed by atoms with Crippen molar-refractivity contribution in [1.29, 1.82) is 0 Å².